The normalized spacial score (nSPS) is 13.6. The molecule has 1 heterocycles. The molecule has 1 unspecified atom stereocenters. The molecule has 0 aliphatic carbocycles. The molecule has 212 valence electrons. The first-order chi connectivity index (χ1) is 19.0. The molecule has 40 heavy (non-hydrogen) atoms. The molecule has 0 saturated carbocycles. The van der Waals surface area contributed by atoms with Crippen LogP contribution in [0.25, 0.3) is 0 Å². The topological polar surface area (TPSA) is 61.8 Å². The van der Waals surface area contributed by atoms with Crippen LogP contribution in [0.5, 0.6) is 5.75 Å². The maximum Gasteiger partial charge on any atom is 0.446 e. The zero-order valence-corrected chi connectivity index (χ0v) is 24.0. The number of methoxy groups -OCH3 is 1. The van der Waals surface area contributed by atoms with E-state index in [1.807, 2.05) is 35.2 Å². The summed E-state index contributed by atoms with van der Waals surface area (Å²) in [5.74, 6) is 0.437. The number of halogens is 4. The number of ether oxygens (including phenoxy) is 1. The third kappa shape index (κ3) is 8.05. The second-order valence-corrected chi connectivity index (χ2v) is 11.8. The second-order valence-electron chi connectivity index (χ2n) is 9.10. The Labute approximate surface area is 244 Å². The van der Waals surface area contributed by atoms with Gasteiger partial charge in [-0.3, -0.25) is 4.79 Å². The molecule has 11 heteroatoms. The largest absolute Gasteiger partial charge is 0.497 e. The number of aliphatic carboxylic acids is 1. The first-order valence-electron chi connectivity index (χ1n) is 12.4. The first kappa shape index (κ1) is 30.0. The highest BCUT2D eigenvalue weighted by Crippen LogP contribution is 2.43. The lowest BCUT2D eigenvalue weighted by Crippen LogP contribution is -2.27. The number of nitrogens with zero attached hydrogens (tertiary/aromatic N) is 1. The summed E-state index contributed by atoms with van der Waals surface area (Å²) in [4.78, 5) is 13.9. The van der Waals surface area contributed by atoms with E-state index in [9.17, 15) is 18.0 Å². The predicted octanol–water partition coefficient (Wildman–Crippen LogP) is 8.65. The number of nitrogens with one attached hydrogen (secondary N) is 1. The fraction of sp³-hybridized carbons (Fsp3) is 0.276. The molecule has 1 atom stereocenters. The van der Waals surface area contributed by atoms with Crippen LogP contribution in [0, 0.1) is 0 Å². The fourth-order valence-electron chi connectivity index (χ4n) is 4.46. The van der Waals surface area contributed by atoms with E-state index in [2.05, 4.69) is 11.9 Å². The van der Waals surface area contributed by atoms with Crippen molar-refractivity contribution in [3.05, 3.63) is 89.1 Å². The molecule has 0 bridgehead atoms. The molecule has 4 rings (SSSR count). The number of anilines is 2. The maximum atomic E-state index is 13.1. The van der Waals surface area contributed by atoms with E-state index < -0.39 is 17.5 Å². The number of carboxylic acids is 1. The average Bonchev–Trinajstić information content (AvgIpc) is 3.32. The van der Waals surface area contributed by atoms with Crippen LogP contribution in [0.2, 0.25) is 5.02 Å². The molecule has 1 aliphatic rings. The Bertz CT molecular complexity index is 1370. The summed E-state index contributed by atoms with van der Waals surface area (Å²) in [5, 5.41) is 13.0. The van der Waals surface area contributed by atoms with Crippen molar-refractivity contribution >= 4 is 52.5 Å². The molecular weight excluding hydrogens is 581 g/mol. The molecule has 1 aliphatic heterocycles. The van der Waals surface area contributed by atoms with Gasteiger partial charge in [0.15, 0.2) is 0 Å². The van der Waals surface area contributed by atoms with Gasteiger partial charge in [0.25, 0.3) is 0 Å². The van der Waals surface area contributed by atoms with Gasteiger partial charge in [0.05, 0.1) is 13.2 Å². The van der Waals surface area contributed by atoms with Crippen LogP contribution in [0.15, 0.2) is 82.7 Å². The van der Waals surface area contributed by atoms with Gasteiger partial charge in [-0.2, -0.15) is 13.2 Å². The van der Waals surface area contributed by atoms with Gasteiger partial charge in [0, 0.05) is 50.9 Å². The van der Waals surface area contributed by atoms with Gasteiger partial charge in [-0.25, -0.2) is 0 Å². The minimum atomic E-state index is -4.38. The van der Waals surface area contributed by atoms with E-state index in [-0.39, 0.29) is 23.1 Å². The summed E-state index contributed by atoms with van der Waals surface area (Å²) in [7, 11) is 1.57. The number of thioether (sulfide) groups is 2. The highest BCUT2D eigenvalue weighted by atomic mass is 35.5. The van der Waals surface area contributed by atoms with E-state index in [0.717, 1.165) is 21.7 Å². The summed E-state index contributed by atoms with van der Waals surface area (Å²) in [6.45, 7) is 4.97. The molecule has 5 nitrogen and oxygen atoms in total. The Kier molecular flexibility index (Phi) is 9.86. The molecule has 3 aromatic carbocycles. The second kappa shape index (κ2) is 13.1. The smallest absolute Gasteiger partial charge is 0.446 e. The summed E-state index contributed by atoms with van der Waals surface area (Å²) in [5.41, 5.74) is -0.403. The van der Waals surface area contributed by atoms with Gasteiger partial charge >= 0.3 is 11.5 Å². The minimum Gasteiger partial charge on any atom is -0.497 e. The number of alkyl halides is 3. The van der Waals surface area contributed by atoms with Crippen molar-refractivity contribution < 1.29 is 27.8 Å². The number of fused-ring (bicyclic) bond motifs is 1. The monoisotopic (exact) mass is 608 g/mol. The van der Waals surface area contributed by atoms with Gasteiger partial charge in [0.1, 0.15) is 5.75 Å². The third-order valence-corrected chi connectivity index (χ3v) is 8.33. The molecular formula is C29H28ClF3N2O3S2. The predicted molar refractivity (Wildman–Crippen MR) is 157 cm³/mol. The molecule has 0 amide bonds. The van der Waals surface area contributed by atoms with Crippen LogP contribution in [0.4, 0.5) is 24.5 Å². The molecule has 0 spiro atoms. The third-order valence-electron chi connectivity index (χ3n) is 6.30. The van der Waals surface area contributed by atoms with E-state index in [4.69, 9.17) is 21.4 Å². The van der Waals surface area contributed by atoms with E-state index in [1.165, 1.54) is 17.8 Å². The lowest BCUT2D eigenvalue weighted by molar-refractivity contribution is -0.137. The Morgan fingerprint density at radius 2 is 1.90 bits per heavy atom. The van der Waals surface area contributed by atoms with Crippen molar-refractivity contribution in [2.45, 2.75) is 40.6 Å². The minimum absolute atomic E-state index is 0.0983. The Morgan fingerprint density at radius 1 is 1.15 bits per heavy atom. The molecule has 2 N–H and O–H groups in total. The van der Waals surface area contributed by atoms with Crippen molar-refractivity contribution in [2.75, 3.05) is 29.6 Å². The molecule has 0 radical (unpaired) electrons. The van der Waals surface area contributed by atoms with Crippen LogP contribution in [-0.2, 0) is 11.2 Å². The standard InChI is InChI=1S/C29H28ClF3N2O3S2/c1-18(35-12-11-19-7-10-24(17-26(19)35)40-29(31,32)33)28(20-5-8-21(30)9-6-20)34-22-14-23(38-2)16-25(15-22)39-13-3-4-27(36)37/h5-10,14-17,28,34H,1,3-4,11-13H2,2H3,(H,36,37). The SMILES string of the molecule is C=C(C(Nc1cc(OC)cc(SCCCC(=O)O)c1)c1ccc(Cl)cc1)N1CCc2ccc(SC(F)(F)F)cc21. The van der Waals surface area contributed by atoms with Gasteiger partial charge < -0.3 is 20.1 Å². The number of hydrogen-bond donors (Lipinski definition) is 2. The van der Waals surface area contributed by atoms with Crippen molar-refractivity contribution in [3.63, 3.8) is 0 Å². The van der Waals surface area contributed by atoms with E-state index >= 15 is 0 Å². The van der Waals surface area contributed by atoms with Gasteiger partial charge in [0.2, 0.25) is 0 Å². The number of carboxylic acid groups (broad SMARTS) is 1. The van der Waals surface area contributed by atoms with Gasteiger partial charge in [-0.15, -0.1) is 11.8 Å². The molecule has 3 aromatic rings. The Morgan fingerprint density at radius 3 is 2.58 bits per heavy atom. The van der Waals surface area contributed by atoms with Crippen LogP contribution in [0.3, 0.4) is 0 Å². The van der Waals surface area contributed by atoms with E-state index in [1.54, 1.807) is 31.4 Å². The van der Waals surface area contributed by atoms with Gasteiger partial charge in [-0.05, 0) is 77.9 Å². The van der Waals surface area contributed by atoms with Crippen molar-refractivity contribution in [1.29, 1.82) is 0 Å². The highest BCUT2D eigenvalue weighted by Gasteiger charge is 2.32. The Hall–Kier alpha value is -2.95. The fourth-order valence-corrected chi connectivity index (χ4v) is 6.09. The van der Waals surface area contributed by atoms with Crippen LogP contribution >= 0.6 is 35.1 Å². The number of benzene rings is 3. The summed E-state index contributed by atoms with van der Waals surface area (Å²) >= 11 is 7.56. The van der Waals surface area contributed by atoms with E-state index in [0.29, 0.717) is 47.3 Å². The van der Waals surface area contributed by atoms with Gasteiger partial charge in [-0.1, -0.05) is 36.4 Å². The summed E-state index contributed by atoms with van der Waals surface area (Å²) in [6, 6.07) is 17.4. The van der Waals surface area contributed by atoms with Crippen molar-refractivity contribution in [1.82, 2.24) is 0 Å². The quantitative estimate of drug-likeness (QED) is 0.158. The lowest BCUT2D eigenvalue weighted by atomic mass is 10.0. The first-order valence-corrected chi connectivity index (χ1v) is 14.6. The van der Waals surface area contributed by atoms with Crippen LogP contribution < -0.4 is 15.0 Å². The average molecular weight is 609 g/mol. The zero-order chi connectivity index (χ0) is 28.9. The van der Waals surface area contributed by atoms with Crippen LogP contribution in [-0.4, -0.2) is 36.0 Å². The zero-order valence-electron chi connectivity index (χ0n) is 21.6. The highest BCUT2D eigenvalue weighted by molar-refractivity contribution is 8.00. The lowest BCUT2D eigenvalue weighted by Gasteiger charge is -2.31. The molecule has 0 saturated heterocycles. The Balaban J connectivity index is 1.63. The number of rotatable bonds is 12. The summed E-state index contributed by atoms with van der Waals surface area (Å²) in [6.07, 6.45) is 1.32. The number of hydrogen-bond acceptors (Lipinski definition) is 6. The maximum absolute atomic E-state index is 13.1. The number of carbonyl (C=O) groups is 1. The van der Waals surface area contributed by atoms with Crippen LogP contribution in [0.1, 0.15) is 30.0 Å². The van der Waals surface area contributed by atoms with Crippen molar-refractivity contribution in [2.24, 2.45) is 0 Å². The van der Waals surface area contributed by atoms with Crippen molar-refractivity contribution in [3.8, 4) is 5.75 Å². The molecule has 0 fully saturated rings. The summed E-state index contributed by atoms with van der Waals surface area (Å²) < 4.78 is 44.7. The molecule has 0 aromatic heterocycles.